The lowest BCUT2D eigenvalue weighted by Gasteiger charge is -2.20. The second-order valence-electron chi connectivity index (χ2n) is 3.79. The fraction of sp³-hybridized carbons (Fsp3) is 1.00. The van der Waals surface area contributed by atoms with Crippen LogP contribution in [-0.4, -0.2) is 20.8 Å². The molecule has 1 saturated carbocycles. The van der Waals surface area contributed by atoms with Gasteiger partial charge in [-0.3, -0.25) is 4.18 Å². The van der Waals surface area contributed by atoms with Gasteiger partial charge in [-0.25, -0.2) is 0 Å². The van der Waals surface area contributed by atoms with Gasteiger partial charge < -0.3 is 0 Å². The van der Waals surface area contributed by atoms with Crippen molar-refractivity contribution in [2.24, 2.45) is 5.92 Å². The second kappa shape index (κ2) is 4.42. The van der Waals surface area contributed by atoms with E-state index in [0.717, 1.165) is 25.5 Å². The molecule has 0 amide bonds. The maximum absolute atomic E-state index is 10.9. The van der Waals surface area contributed by atoms with Gasteiger partial charge in [0.25, 0.3) is 10.1 Å². The van der Waals surface area contributed by atoms with Crippen molar-refractivity contribution in [1.82, 2.24) is 0 Å². The van der Waals surface area contributed by atoms with Gasteiger partial charge in [0.1, 0.15) is 0 Å². The summed E-state index contributed by atoms with van der Waals surface area (Å²) in [5.74, 6) is 0.458. The van der Waals surface area contributed by atoms with Crippen molar-refractivity contribution < 1.29 is 12.6 Å². The summed E-state index contributed by atoms with van der Waals surface area (Å²) in [6, 6.07) is 0. The lowest BCUT2D eigenvalue weighted by Crippen LogP contribution is -2.24. The van der Waals surface area contributed by atoms with Gasteiger partial charge in [-0.05, 0) is 25.2 Å². The van der Waals surface area contributed by atoms with Crippen molar-refractivity contribution in [2.75, 3.05) is 6.26 Å². The molecule has 78 valence electrons. The van der Waals surface area contributed by atoms with Crippen molar-refractivity contribution in [2.45, 2.75) is 45.1 Å². The molecule has 0 aromatic carbocycles. The van der Waals surface area contributed by atoms with Gasteiger partial charge in [-0.15, -0.1) is 0 Å². The summed E-state index contributed by atoms with van der Waals surface area (Å²) in [5.41, 5.74) is 0. The third-order valence-electron chi connectivity index (χ3n) is 2.63. The molecule has 0 radical (unpaired) electrons. The van der Waals surface area contributed by atoms with Gasteiger partial charge in [0, 0.05) is 0 Å². The zero-order valence-electron chi connectivity index (χ0n) is 8.32. The number of hydrogen-bond donors (Lipinski definition) is 0. The minimum absolute atomic E-state index is 0.0856. The molecular formula is C9H18O3S. The molecule has 4 heteroatoms. The van der Waals surface area contributed by atoms with Crippen LogP contribution >= 0.6 is 0 Å². The van der Waals surface area contributed by atoms with Crippen molar-refractivity contribution in [1.29, 1.82) is 0 Å². The van der Waals surface area contributed by atoms with E-state index in [4.69, 9.17) is 4.18 Å². The summed E-state index contributed by atoms with van der Waals surface area (Å²) in [6.07, 6.45) is 6.50. The minimum Gasteiger partial charge on any atom is -0.267 e. The van der Waals surface area contributed by atoms with Crippen LogP contribution in [0.5, 0.6) is 0 Å². The Morgan fingerprint density at radius 2 is 1.92 bits per heavy atom. The van der Waals surface area contributed by atoms with Crippen LogP contribution in [0.25, 0.3) is 0 Å². The molecule has 1 aliphatic rings. The van der Waals surface area contributed by atoms with E-state index in [1.165, 1.54) is 12.8 Å². The smallest absolute Gasteiger partial charge is 0.264 e. The van der Waals surface area contributed by atoms with E-state index in [1.807, 2.05) is 6.92 Å². The SMILES string of the molecule is CCC(OS(C)(=O)=O)C1CCCC1. The molecule has 0 aliphatic heterocycles. The first-order valence-electron chi connectivity index (χ1n) is 4.91. The quantitative estimate of drug-likeness (QED) is 0.660. The van der Waals surface area contributed by atoms with Gasteiger partial charge in [0.05, 0.1) is 12.4 Å². The van der Waals surface area contributed by atoms with Crippen molar-refractivity contribution in [3.63, 3.8) is 0 Å². The Morgan fingerprint density at radius 1 is 1.38 bits per heavy atom. The van der Waals surface area contributed by atoms with Gasteiger partial charge in [-0.1, -0.05) is 19.8 Å². The fourth-order valence-corrected chi connectivity index (χ4v) is 2.78. The van der Waals surface area contributed by atoms with Crippen LogP contribution in [0.15, 0.2) is 0 Å². The third-order valence-corrected chi connectivity index (χ3v) is 3.22. The zero-order valence-corrected chi connectivity index (χ0v) is 9.14. The van der Waals surface area contributed by atoms with E-state index in [9.17, 15) is 8.42 Å². The number of rotatable bonds is 4. The highest BCUT2D eigenvalue weighted by molar-refractivity contribution is 7.86. The van der Waals surface area contributed by atoms with Gasteiger partial charge in [-0.2, -0.15) is 8.42 Å². The first-order valence-corrected chi connectivity index (χ1v) is 6.73. The number of hydrogen-bond acceptors (Lipinski definition) is 3. The topological polar surface area (TPSA) is 43.4 Å². The van der Waals surface area contributed by atoms with Crippen LogP contribution in [0.1, 0.15) is 39.0 Å². The predicted octanol–water partition coefficient (Wildman–Crippen LogP) is 1.93. The summed E-state index contributed by atoms with van der Waals surface area (Å²) in [5, 5.41) is 0. The summed E-state index contributed by atoms with van der Waals surface area (Å²) in [4.78, 5) is 0. The molecule has 0 spiro atoms. The minimum atomic E-state index is -3.27. The molecule has 0 N–H and O–H groups in total. The van der Waals surface area contributed by atoms with Crippen LogP contribution < -0.4 is 0 Å². The lowest BCUT2D eigenvalue weighted by atomic mass is 9.99. The summed E-state index contributed by atoms with van der Waals surface area (Å²) < 4.78 is 26.9. The van der Waals surface area contributed by atoms with Gasteiger partial charge in [0.2, 0.25) is 0 Å². The highest BCUT2D eigenvalue weighted by Gasteiger charge is 2.26. The van der Waals surface area contributed by atoms with Gasteiger partial charge >= 0.3 is 0 Å². The average molecular weight is 206 g/mol. The zero-order chi connectivity index (χ0) is 9.90. The summed E-state index contributed by atoms with van der Waals surface area (Å²) in [7, 11) is -3.27. The molecule has 1 aliphatic carbocycles. The predicted molar refractivity (Wildman–Crippen MR) is 52.0 cm³/mol. The van der Waals surface area contributed by atoms with E-state index in [0.29, 0.717) is 5.92 Å². The molecule has 0 bridgehead atoms. The van der Waals surface area contributed by atoms with Crippen molar-refractivity contribution in [3.8, 4) is 0 Å². The van der Waals surface area contributed by atoms with E-state index in [2.05, 4.69) is 0 Å². The molecule has 13 heavy (non-hydrogen) atoms. The maximum Gasteiger partial charge on any atom is 0.264 e. The van der Waals surface area contributed by atoms with Crippen LogP contribution in [-0.2, 0) is 14.3 Å². The Kier molecular flexibility index (Phi) is 3.74. The third kappa shape index (κ3) is 3.65. The molecule has 0 saturated heterocycles. The normalized spacial score (nSPS) is 22.0. The molecule has 1 fully saturated rings. The first kappa shape index (κ1) is 11.0. The molecule has 0 aromatic heterocycles. The molecule has 1 atom stereocenters. The average Bonchev–Trinajstić information content (AvgIpc) is 2.50. The summed E-state index contributed by atoms with van der Waals surface area (Å²) >= 11 is 0. The molecule has 0 heterocycles. The highest BCUT2D eigenvalue weighted by atomic mass is 32.2. The molecule has 1 rings (SSSR count). The Balaban J connectivity index is 2.51. The molecule has 3 nitrogen and oxygen atoms in total. The van der Waals surface area contributed by atoms with E-state index < -0.39 is 10.1 Å². The lowest BCUT2D eigenvalue weighted by molar-refractivity contribution is 0.140. The fourth-order valence-electron chi connectivity index (χ4n) is 2.03. The van der Waals surface area contributed by atoms with Crippen LogP contribution in [0.2, 0.25) is 0 Å². The second-order valence-corrected chi connectivity index (χ2v) is 5.39. The maximum atomic E-state index is 10.9. The Bertz CT molecular complexity index is 240. The first-order chi connectivity index (χ1) is 6.03. The summed E-state index contributed by atoms with van der Waals surface area (Å²) in [6.45, 7) is 1.98. The van der Waals surface area contributed by atoms with Crippen molar-refractivity contribution in [3.05, 3.63) is 0 Å². The van der Waals surface area contributed by atoms with Gasteiger partial charge in [0.15, 0.2) is 0 Å². The Hall–Kier alpha value is -0.0900. The monoisotopic (exact) mass is 206 g/mol. The van der Waals surface area contributed by atoms with Crippen molar-refractivity contribution >= 4 is 10.1 Å². The van der Waals surface area contributed by atoms with E-state index in [1.54, 1.807) is 0 Å². The molecular weight excluding hydrogens is 188 g/mol. The van der Waals surface area contributed by atoms with E-state index >= 15 is 0 Å². The largest absolute Gasteiger partial charge is 0.267 e. The molecule has 0 aromatic rings. The van der Waals surface area contributed by atoms with Crippen LogP contribution in [0, 0.1) is 5.92 Å². The van der Waals surface area contributed by atoms with Crippen LogP contribution in [0.3, 0.4) is 0 Å². The standard InChI is InChI=1S/C9H18O3S/c1-3-9(12-13(2,10)11)8-6-4-5-7-8/h8-9H,3-7H2,1-2H3. The van der Waals surface area contributed by atoms with E-state index in [-0.39, 0.29) is 6.10 Å². The highest BCUT2D eigenvalue weighted by Crippen LogP contribution is 2.31. The Morgan fingerprint density at radius 3 is 2.31 bits per heavy atom. The Labute approximate surface area is 80.6 Å². The molecule has 1 unspecified atom stereocenters. The van der Waals surface area contributed by atoms with Crippen LogP contribution in [0.4, 0.5) is 0 Å².